The smallest absolute Gasteiger partial charge is 0.145 e. The van der Waals surface area contributed by atoms with Crippen LogP contribution >= 0.6 is 22.9 Å². The van der Waals surface area contributed by atoms with E-state index < -0.39 is 6.10 Å². The van der Waals surface area contributed by atoms with Crippen LogP contribution in [0.2, 0.25) is 5.02 Å². The molecule has 0 fully saturated rings. The van der Waals surface area contributed by atoms with Gasteiger partial charge in [0.2, 0.25) is 0 Å². The zero-order valence-electron chi connectivity index (χ0n) is 21.0. The molecule has 1 aromatic carbocycles. The molecular weight excluding hydrogens is 494 g/mol. The quantitative estimate of drug-likeness (QED) is 0.383. The zero-order valence-corrected chi connectivity index (χ0v) is 22.5. The van der Waals surface area contributed by atoms with Crippen LogP contribution < -0.4 is 4.74 Å². The monoisotopic (exact) mass is 523 g/mol. The number of thiophene rings is 1. The van der Waals surface area contributed by atoms with Crippen molar-refractivity contribution in [1.29, 1.82) is 0 Å². The van der Waals surface area contributed by atoms with E-state index in [1.54, 1.807) is 6.33 Å². The summed E-state index contributed by atoms with van der Waals surface area (Å²) in [6.45, 7) is 1.97. The van der Waals surface area contributed by atoms with Gasteiger partial charge in [-0.25, -0.2) is 9.97 Å². The lowest BCUT2D eigenvalue weighted by molar-refractivity contribution is 0.177. The number of ether oxygens (including phenoxy) is 1. The molecular formula is C27H30ClN5O2S. The van der Waals surface area contributed by atoms with Crippen molar-refractivity contribution in [1.82, 2.24) is 24.6 Å². The summed E-state index contributed by atoms with van der Waals surface area (Å²) in [6, 6.07) is 6.40. The second kappa shape index (κ2) is 9.10. The maximum Gasteiger partial charge on any atom is 0.145 e. The van der Waals surface area contributed by atoms with Gasteiger partial charge in [0.1, 0.15) is 18.2 Å². The number of hydrogen-bond donors (Lipinski definition) is 1. The molecule has 2 aliphatic rings. The van der Waals surface area contributed by atoms with Crippen LogP contribution in [0.5, 0.6) is 5.75 Å². The van der Waals surface area contributed by atoms with E-state index in [-0.39, 0.29) is 6.10 Å². The number of rotatable bonds is 5. The van der Waals surface area contributed by atoms with Crippen LogP contribution in [0.3, 0.4) is 0 Å². The molecule has 36 heavy (non-hydrogen) atoms. The van der Waals surface area contributed by atoms with Crippen molar-refractivity contribution in [2.24, 2.45) is 7.05 Å². The molecule has 1 aliphatic carbocycles. The van der Waals surface area contributed by atoms with Crippen molar-refractivity contribution in [3.05, 3.63) is 56.9 Å². The first-order chi connectivity index (χ1) is 17.3. The average molecular weight is 524 g/mol. The molecule has 0 saturated carbocycles. The van der Waals surface area contributed by atoms with Gasteiger partial charge < -0.3 is 14.7 Å². The number of aliphatic hydroxyl groups excluding tert-OH is 1. The molecule has 1 N–H and O–H groups in total. The van der Waals surface area contributed by atoms with Gasteiger partial charge in [-0.15, -0.1) is 11.3 Å². The van der Waals surface area contributed by atoms with Crippen molar-refractivity contribution in [2.75, 3.05) is 14.1 Å². The molecule has 0 amide bonds. The number of benzene rings is 1. The molecule has 3 atom stereocenters. The van der Waals surface area contributed by atoms with E-state index in [0.717, 1.165) is 69.0 Å². The van der Waals surface area contributed by atoms with Crippen LogP contribution in [0, 0.1) is 0 Å². The number of aliphatic hydroxyl groups is 1. The largest absolute Gasteiger partial charge is 0.483 e. The standard InChI is InChI=1S/C27H30ClN5O2S/c1-5-21(34)23-12-20-27(36-23)24(30-13-29-20)18-10-15(28)8-14-9-22(35-26(14)18)25-17-11-16(32(2)3)6-7-19(17)31-33(25)4/h8,10,12-13,16,21-22,34H,5-7,9,11H2,1-4H3/t16?,21?,22-/m1/s1. The minimum Gasteiger partial charge on any atom is -0.483 e. The normalized spacial score (nSPS) is 20.0. The Labute approximate surface area is 219 Å². The summed E-state index contributed by atoms with van der Waals surface area (Å²) in [5, 5.41) is 15.9. The van der Waals surface area contributed by atoms with E-state index in [2.05, 4.69) is 29.0 Å². The Morgan fingerprint density at radius 1 is 1.25 bits per heavy atom. The molecule has 0 saturated heterocycles. The van der Waals surface area contributed by atoms with E-state index in [1.807, 2.05) is 36.9 Å². The number of fused-ring (bicyclic) bond motifs is 3. The second-order valence-electron chi connectivity index (χ2n) is 10.1. The molecule has 7 nitrogen and oxygen atoms in total. The highest BCUT2D eigenvalue weighted by Crippen LogP contribution is 2.48. The number of nitrogens with zero attached hydrogens (tertiary/aromatic N) is 5. The fraction of sp³-hybridized carbons (Fsp3) is 0.444. The first-order valence-electron chi connectivity index (χ1n) is 12.5. The molecule has 3 aromatic heterocycles. The molecule has 4 heterocycles. The zero-order chi connectivity index (χ0) is 25.1. The summed E-state index contributed by atoms with van der Waals surface area (Å²) in [5.41, 5.74) is 7.25. The summed E-state index contributed by atoms with van der Waals surface area (Å²) in [5.74, 6) is 0.824. The molecule has 1 aliphatic heterocycles. The highest BCUT2D eigenvalue weighted by atomic mass is 35.5. The fourth-order valence-corrected chi connectivity index (χ4v) is 7.05. The Kier molecular flexibility index (Phi) is 6.03. The van der Waals surface area contributed by atoms with Gasteiger partial charge in [-0.2, -0.15) is 5.10 Å². The maximum absolute atomic E-state index is 10.4. The van der Waals surface area contributed by atoms with Crippen molar-refractivity contribution >= 4 is 33.2 Å². The molecule has 0 bridgehead atoms. The van der Waals surface area contributed by atoms with Crippen LogP contribution in [0.25, 0.3) is 21.5 Å². The van der Waals surface area contributed by atoms with Gasteiger partial charge in [0.05, 0.1) is 33.4 Å². The molecule has 188 valence electrons. The average Bonchev–Trinajstić information content (AvgIpc) is 3.56. The molecule has 2 unspecified atom stereocenters. The van der Waals surface area contributed by atoms with Gasteiger partial charge in [-0.3, -0.25) is 4.68 Å². The molecule has 6 rings (SSSR count). The Balaban J connectivity index is 1.42. The van der Waals surface area contributed by atoms with Crippen molar-refractivity contribution in [3.8, 4) is 17.0 Å². The third-order valence-corrected chi connectivity index (χ3v) is 9.01. The molecule has 0 spiro atoms. The summed E-state index contributed by atoms with van der Waals surface area (Å²) < 4.78 is 9.67. The molecule has 4 aromatic rings. The maximum atomic E-state index is 10.4. The first-order valence-corrected chi connectivity index (χ1v) is 13.7. The summed E-state index contributed by atoms with van der Waals surface area (Å²) in [4.78, 5) is 12.3. The summed E-state index contributed by atoms with van der Waals surface area (Å²) in [7, 11) is 6.33. The SMILES string of the molecule is CCC(O)c1cc2ncnc(-c3cc(Cl)cc4c3O[C@@H](c3c5c(nn3C)CCC(N(C)C)C5)C4)c2s1. The lowest BCUT2D eigenvalue weighted by Crippen LogP contribution is -2.33. The van der Waals surface area contributed by atoms with Gasteiger partial charge in [0.15, 0.2) is 0 Å². The Morgan fingerprint density at radius 3 is 2.86 bits per heavy atom. The molecule has 9 heteroatoms. The third-order valence-electron chi connectivity index (χ3n) is 7.56. The highest BCUT2D eigenvalue weighted by Gasteiger charge is 2.36. The first kappa shape index (κ1) is 23.9. The third kappa shape index (κ3) is 3.91. The van der Waals surface area contributed by atoms with Crippen molar-refractivity contribution < 1.29 is 9.84 Å². The minimum absolute atomic E-state index is 0.127. The van der Waals surface area contributed by atoms with E-state index in [0.29, 0.717) is 17.5 Å². The number of aromatic nitrogens is 4. The van der Waals surface area contributed by atoms with Crippen LogP contribution in [-0.2, 0) is 26.3 Å². The molecule has 0 radical (unpaired) electrons. The fourth-order valence-electron chi connectivity index (χ4n) is 5.63. The van der Waals surface area contributed by atoms with Gasteiger partial charge in [-0.1, -0.05) is 18.5 Å². The van der Waals surface area contributed by atoms with Gasteiger partial charge >= 0.3 is 0 Å². The number of hydrogen-bond acceptors (Lipinski definition) is 7. The minimum atomic E-state index is -0.509. The highest BCUT2D eigenvalue weighted by molar-refractivity contribution is 7.19. The van der Waals surface area contributed by atoms with Crippen LogP contribution in [0.4, 0.5) is 0 Å². The van der Waals surface area contributed by atoms with Gasteiger partial charge in [0, 0.05) is 46.1 Å². The van der Waals surface area contributed by atoms with Crippen molar-refractivity contribution in [2.45, 2.75) is 57.3 Å². The summed E-state index contributed by atoms with van der Waals surface area (Å²) in [6.07, 6.45) is 5.43. The predicted octanol–water partition coefficient (Wildman–Crippen LogP) is 5.28. The Hall–Kier alpha value is -2.52. The van der Waals surface area contributed by atoms with Gasteiger partial charge in [0.25, 0.3) is 0 Å². The van der Waals surface area contributed by atoms with E-state index in [1.165, 1.54) is 22.6 Å². The Bertz CT molecular complexity index is 1460. The van der Waals surface area contributed by atoms with Crippen LogP contribution in [0.1, 0.15) is 59.4 Å². The Morgan fingerprint density at radius 2 is 2.08 bits per heavy atom. The lowest BCUT2D eigenvalue weighted by Gasteiger charge is -2.28. The summed E-state index contributed by atoms with van der Waals surface area (Å²) >= 11 is 8.16. The van der Waals surface area contributed by atoms with Crippen LogP contribution in [0.15, 0.2) is 24.5 Å². The van der Waals surface area contributed by atoms with E-state index in [4.69, 9.17) is 21.4 Å². The van der Waals surface area contributed by atoms with Gasteiger partial charge in [-0.05, 0) is 58.0 Å². The number of likely N-dealkylation sites (N-methyl/N-ethyl adjacent to an activating group) is 1. The van der Waals surface area contributed by atoms with Crippen molar-refractivity contribution in [3.63, 3.8) is 0 Å². The number of halogens is 1. The van der Waals surface area contributed by atoms with E-state index >= 15 is 0 Å². The van der Waals surface area contributed by atoms with E-state index in [9.17, 15) is 5.11 Å². The number of aryl methyl sites for hydroxylation is 2. The van der Waals surface area contributed by atoms with Crippen LogP contribution in [-0.4, -0.2) is 49.9 Å². The lowest BCUT2D eigenvalue weighted by atomic mass is 9.89. The second-order valence-corrected chi connectivity index (χ2v) is 11.6. The predicted molar refractivity (Wildman–Crippen MR) is 143 cm³/mol. The topological polar surface area (TPSA) is 76.3 Å².